The normalized spacial score (nSPS) is 17.0. The van der Waals surface area contributed by atoms with E-state index < -0.39 is 10.0 Å². The SMILES string of the molecule is CCCNc1ncc(Br)c(N2CCN(S(C)(=O)=O)CC2)n1. The Morgan fingerprint density at radius 2 is 2.00 bits per heavy atom. The zero-order valence-electron chi connectivity index (χ0n) is 12.2. The number of sulfonamides is 1. The smallest absolute Gasteiger partial charge is 0.224 e. The average Bonchev–Trinajstić information content (AvgIpc) is 2.46. The lowest BCUT2D eigenvalue weighted by molar-refractivity contribution is 0.386. The highest BCUT2D eigenvalue weighted by molar-refractivity contribution is 9.10. The predicted molar refractivity (Wildman–Crippen MR) is 87.1 cm³/mol. The summed E-state index contributed by atoms with van der Waals surface area (Å²) in [5.74, 6) is 1.40. The lowest BCUT2D eigenvalue weighted by atomic mass is 10.3. The molecule has 1 fully saturated rings. The van der Waals surface area contributed by atoms with E-state index in [1.807, 2.05) is 0 Å². The van der Waals surface area contributed by atoms with E-state index in [2.05, 4.69) is 43.0 Å². The molecule has 1 N–H and O–H groups in total. The molecule has 0 saturated carbocycles. The van der Waals surface area contributed by atoms with E-state index in [1.165, 1.54) is 10.6 Å². The summed E-state index contributed by atoms with van der Waals surface area (Å²) in [7, 11) is -3.11. The van der Waals surface area contributed by atoms with Crippen LogP contribution >= 0.6 is 15.9 Å². The standard InChI is InChI=1S/C12H20BrN5O2S/c1-3-4-14-12-15-9-10(13)11(16-12)17-5-7-18(8-6-17)21(2,19)20/h9H,3-8H2,1-2H3,(H,14,15,16). The highest BCUT2D eigenvalue weighted by Gasteiger charge is 2.25. The van der Waals surface area contributed by atoms with Crippen molar-refractivity contribution in [2.24, 2.45) is 0 Å². The van der Waals surface area contributed by atoms with Crippen LogP contribution in [-0.4, -0.2) is 61.7 Å². The molecule has 0 aromatic carbocycles. The Labute approximate surface area is 133 Å². The van der Waals surface area contributed by atoms with Crippen molar-refractivity contribution in [1.29, 1.82) is 0 Å². The van der Waals surface area contributed by atoms with Gasteiger partial charge in [-0.2, -0.15) is 9.29 Å². The van der Waals surface area contributed by atoms with Gasteiger partial charge in [0.05, 0.1) is 10.7 Å². The number of hydrogen-bond donors (Lipinski definition) is 1. The maximum atomic E-state index is 11.5. The molecule has 2 heterocycles. The Hall–Kier alpha value is -0.930. The zero-order valence-corrected chi connectivity index (χ0v) is 14.6. The minimum atomic E-state index is -3.11. The van der Waals surface area contributed by atoms with E-state index in [-0.39, 0.29) is 0 Å². The van der Waals surface area contributed by atoms with Gasteiger partial charge in [0.2, 0.25) is 16.0 Å². The topological polar surface area (TPSA) is 78.4 Å². The Morgan fingerprint density at radius 3 is 2.57 bits per heavy atom. The molecular formula is C12H20BrN5O2S. The molecule has 0 radical (unpaired) electrons. The fourth-order valence-corrected chi connectivity index (χ4v) is 3.40. The van der Waals surface area contributed by atoms with Gasteiger partial charge in [0.1, 0.15) is 5.82 Å². The number of aromatic nitrogens is 2. The molecule has 1 aliphatic heterocycles. The van der Waals surface area contributed by atoms with Gasteiger partial charge in [0, 0.05) is 38.9 Å². The molecule has 9 heteroatoms. The molecule has 0 aliphatic carbocycles. The molecule has 0 atom stereocenters. The van der Waals surface area contributed by atoms with Crippen LogP contribution in [0.5, 0.6) is 0 Å². The quantitative estimate of drug-likeness (QED) is 0.828. The van der Waals surface area contributed by atoms with Crippen molar-refractivity contribution < 1.29 is 8.42 Å². The Kier molecular flexibility index (Phi) is 5.39. The van der Waals surface area contributed by atoms with Crippen molar-refractivity contribution in [2.45, 2.75) is 13.3 Å². The van der Waals surface area contributed by atoms with Crippen molar-refractivity contribution in [3.8, 4) is 0 Å². The second-order valence-corrected chi connectivity index (χ2v) is 7.78. The van der Waals surface area contributed by atoms with Crippen LogP contribution in [-0.2, 0) is 10.0 Å². The van der Waals surface area contributed by atoms with Gasteiger partial charge in [0.15, 0.2) is 0 Å². The van der Waals surface area contributed by atoms with Crippen LogP contribution in [0.3, 0.4) is 0 Å². The molecule has 0 spiro atoms. The third kappa shape index (κ3) is 4.27. The second-order valence-electron chi connectivity index (χ2n) is 4.94. The van der Waals surface area contributed by atoms with Gasteiger partial charge in [-0.25, -0.2) is 13.4 Å². The highest BCUT2D eigenvalue weighted by atomic mass is 79.9. The summed E-state index contributed by atoms with van der Waals surface area (Å²) in [6.45, 7) is 5.10. The van der Waals surface area contributed by atoms with Crippen LogP contribution < -0.4 is 10.2 Å². The Bertz CT molecular complexity index is 587. The van der Waals surface area contributed by atoms with Gasteiger partial charge in [-0.3, -0.25) is 0 Å². The summed E-state index contributed by atoms with van der Waals surface area (Å²) in [6, 6.07) is 0. The first-order valence-corrected chi connectivity index (χ1v) is 9.52. The van der Waals surface area contributed by atoms with Crippen molar-refractivity contribution in [2.75, 3.05) is 49.2 Å². The summed E-state index contributed by atoms with van der Waals surface area (Å²) >= 11 is 3.46. The molecule has 2 rings (SSSR count). The number of halogens is 1. The number of rotatable bonds is 5. The molecule has 1 aromatic rings. The summed E-state index contributed by atoms with van der Waals surface area (Å²) in [5.41, 5.74) is 0. The molecule has 1 aromatic heterocycles. The molecule has 0 amide bonds. The van der Waals surface area contributed by atoms with E-state index in [0.717, 1.165) is 23.3 Å². The van der Waals surface area contributed by atoms with Crippen LogP contribution in [0.25, 0.3) is 0 Å². The fourth-order valence-electron chi connectivity index (χ4n) is 2.13. The lowest BCUT2D eigenvalue weighted by Gasteiger charge is -2.34. The van der Waals surface area contributed by atoms with Crippen LogP contribution in [0.1, 0.15) is 13.3 Å². The van der Waals surface area contributed by atoms with E-state index >= 15 is 0 Å². The van der Waals surface area contributed by atoms with Crippen molar-refractivity contribution in [3.05, 3.63) is 10.7 Å². The van der Waals surface area contributed by atoms with E-state index in [0.29, 0.717) is 32.1 Å². The van der Waals surface area contributed by atoms with Crippen LogP contribution in [0.15, 0.2) is 10.7 Å². The first kappa shape index (κ1) is 16.4. The number of nitrogens with one attached hydrogen (secondary N) is 1. The van der Waals surface area contributed by atoms with Crippen LogP contribution in [0.4, 0.5) is 11.8 Å². The van der Waals surface area contributed by atoms with Gasteiger partial charge in [-0.05, 0) is 22.4 Å². The Balaban J connectivity index is 2.09. The van der Waals surface area contributed by atoms with E-state index in [1.54, 1.807) is 6.20 Å². The molecule has 0 bridgehead atoms. The zero-order chi connectivity index (χ0) is 15.5. The molecule has 118 valence electrons. The van der Waals surface area contributed by atoms with Gasteiger partial charge in [0.25, 0.3) is 0 Å². The highest BCUT2D eigenvalue weighted by Crippen LogP contribution is 2.25. The summed E-state index contributed by atoms with van der Waals surface area (Å²) in [5, 5.41) is 3.16. The maximum Gasteiger partial charge on any atom is 0.224 e. The van der Waals surface area contributed by atoms with Crippen LogP contribution in [0, 0.1) is 0 Å². The lowest BCUT2D eigenvalue weighted by Crippen LogP contribution is -2.48. The number of nitrogens with zero attached hydrogens (tertiary/aromatic N) is 4. The first-order chi connectivity index (χ1) is 9.91. The number of piperazine rings is 1. The second kappa shape index (κ2) is 6.89. The van der Waals surface area contributed by atoms with Gasteiger partial charge >= 0.3 is 0 Å². The average molecular weight is 378 g/mol. The van der Waals surface area contributed by atoms with E-state index in [4.69, 9.17) is 0 Å². The number of hydrogen-bond acceptors (Lipinski definition) is 6. The van der Waals surface area contributed by atoms with Crippen molar-refractivity contribution >= 4 is 37.7 Å². The third-order valence-corrected chi connectivity index (χ3v) is 5.13. The maximum absolute atomic E-state index is 11.5. The summed E-state index contributed by atoms with van der Waals surface area (Å²) in [6.07, 6.45) is 3.97. The molecule has 21 heavy (non-hydrogen) atoms. The Morgan fingerprint density at radius 1 is 1.33 bits per heavy atom. The first-order valence-electron chi connectivity index (χ1n) is 6.88. The van der Waals surface area contributed by atoms with Gasteiger partial charge in [-0.1, -0.05) is 6.92 Å². The van der Waals surface area contributed by atoms with Gasteiger partial charge in [-0.15, -0.1) is 0 Å². The molecular weight excluding hydrogens is 358 g/mol. The van der Waals surface area contributed by atoms with Crippen molar-refractivity contribution in [1.82, 2.24) is 14.3 Å². The van der Waals surface area contributed by atoms with E-state index in [9.17, 15) is 8.42 Å². The van der Waals surface area contributed by atoms with Crippen LogP contribution in [0.2, 0.25) is 0 Å². The monoisotopic (exact) mass is 377 g/mol. The number of anilines is 2. The third-order valence-electron chi connectivity index (χ3n) is 3.27. The molecule has 0 unspecified atom stereocenters. The minimum absolute atomic E-state index is 0.479. The van der Waals surface area contributed by atoms with Crippen molar-refractivity contribution in [3.63, 3.8) is 0 Å². The summed E-state index contributed by atoms with van der Waals surface area (Å²) < 4.78 is 25.4. The largest absolute Gasteiger partial charge is 0.354 e. The predicted octanol–water partition coefficient (Wildman–Crippen LogP) is 1.14. The molecule has 7 nitrogen and oxygen atoms in total. The van der Waals surface area contributed by atoms with Gasteiger partial charge < -0.3 is 10.2 Å². The molecule has 1 aliphatic rings. The fraction of sp³-hybridized carbons (Fsp3) is 0.667. The summed E-state index contributed by atoms with van der Waals surface area (Å²) in [4.78, 5) is 10.8. The minimum Gasteiger partial charge on any atom is -0.354 e. The molecule has 1 saturated heterocycles.